The number of aromatic nitrogens is 2. The first kappa shape index (κ1) is 12.7. The van der Waals surface area contributed by atoms with Crippen molar-refractivity contribution >= 4 is 21.8 Å². The zero-order valence-corrected chi connectivity index (χ0v) is 11.4. The Labute approximate surface area is 114 Å². The number of halogens is 1. The van der Waals surface area contributed by atoms with Crippen LogP contribution in [0.1, 0.15) is 21.9 Å². The largest absolute Gasteiger partial charge is 0.346 e. The molecule has 1 amide bonds. The molecule has 5 heteroatoms. The Morgan fingerprint density at radius 3 is 2.94 bits per heavy atom. The highest BCUT2D eigenvalue weighted by atomic mass is 79.9. The molecule has 0 radical (unpaired) electrons. The molecule has 0 unspecified atom stereocenters. The fourth-order valence-corrected chi connectivity index (χ4v) is 1.91. The van der Waals surface area contributed by atoms with Crippen LogP contribution >= 0.6 is 15.9 Å². The van der Waals surface area contributed by atoms with Crippen LogP contribution in [0, 0.1) is 6.92 Å². The number of hydrogen-bond acceptors (Lipinski definition) is 3. The lowest BCUT2D eigenvalue weighted by molar-refractivity contribution is 0.0950. The van der Waals surface area contributed by atoms with Crippen LogP contribution < -0.4 is 5.32 Å². The van der Waals surface area contributed by atoms with Crippen LogP contribution in [0.25, 0.3) is 0 Å². The Morgan fingerprint density at radius 2 is 2.22 bits per heavy atom. The summed E-state index contributed by atoms with van der Waals surface area (Å²) >= 11 is 3.34. The molecule has 0 fully saturated rings. The molecule has 0 atom stereocenters. The van der Waals surface area contributed by atoms with Crippen molar-refractivity contribution in [2.45, 2.75) is 13.5 Å². The number of rotatable bonds is 3. The molecule has 18 heavy (non-hydrogen) atoms. The summed E-state index contributed by atoms with van der Waals surface area (Å²) in [6.45, 7) is 2.22. The van der Waals surface area contributed by atoms with E-state index in [1.807, 2.05) is 19.1 Å². The van der Waals surface area contributed by atoms with Crippen molar-refractivity contribution in [2.24, 2.45) is 0 Å². The molecule has 0 saturated carbocycles. The highest BCUT2D eigenvalue weighted by molar-refractivity contribution is 9.10. The van der Waals surface area contributed by atoms with Crippen molar-refractivity contribution in [1.29, 1.82) is 0 Å². The Morgan fingerprint density at radius 1 is 1.39 bits per heavy atom. The Bertz CT molecular complexity index is 572. The Balaban J connectivity index is 2.00. The van der Waals surface area contributed by atoms with E-state index in [9.17, 15) is 4.79 Å². The first-order valence-corrected chi connectivity index (χ1v) is 6.27. The van der Waals surface area contributed by atoms with E-state index in [1.165, 1.54) is 0 Å². The summed E-state index contributed by atoms with van der Waals surface area (Å²) in [5, 5.41) is 2.82. The smallest absolute Gasteiger partial charge is 0.251 e. The van der Waals surface area contributed by atoms with Gasteiger partial charge in [0.25, 0.3) is 5.91 Å². The predicted molar refractivity (Wildman–Crippen MR) is 72.1 cm³/mol. The van der Waals surface area contributed by atoms with Gasteiger partial charge in [0, 0.05) is 16.2 Å². The van der Waals surface area contributed by atoms with Gasteiger partial charge in [0.05, 0.1) is 12.2 Å². The SMILES string of the molecule is Cc1nccc(CNC(=O)c2cccc(Br)c2)n1. The molecular weight excluding hydrogens is 294 g/mol. The Kier molecular flexibility index (Phi) is 4.04. The zero-order valence-electron chi connectivity index (χ0n) is 9.85. The zero-order chi connectivity index (χ0) is 13.0. The first-order chi connectivity index (χ1) is 8.65. The molecule has 0 bridgehead atoms. The number of nitrogens with zero attached hydrogens (tertiary/aromatic N) is 2. The number of hydrogen-bond donors (Lipinski definition) is 1. The van der Waals surface area contributed by atoms with Crippen LogP contribution in [-0.2, 0) is 6.54 Å². The van der Waals surface area contributed by atoms with Crippen LogP contribution in [0.2, 0.25) is 0 Å². The molecule has 92 valence electrons. The van der Waals surface area contributed by atoms with E-state index >= 15 is 0 Å². The summed E-state index contributed by atoms with van der Waals surface area (Å²) in [7, 11) is 0. The molecule has 1 heterocycles. The second-order valence-corrected chi connectivity index (χ2v) is 4.70. The van der Waals surface area contributed by atoms with E-state index in [0.717, 1.165) is 10.2 Å². The summed E-state index contributed by atoms with van der Waals surface area (Å²) in [4.78, 5) is 20.1. The van der Waals surface area contributed by atoms with E-state index in [0.29, 0.717) is 17.9 Å². The number of carbonyl (C=O) groups excluding carboxylic acids is 1. The van der Waals surface area contributed by atoms with Gasteiger partial charge in [-0.3, -0.25) is 4.79 Å². The molecule has 0 saturated heterocycles. The van der Waals surface area contributed by atoms with Gasteiger partial charge in [-0.1, -0.05) is 22.0 Å². The monoisotopic (exact) mass is 305 g/mol. The van der Waals surface area contributed by atoms with Gasteiger partial charge >= 0.3 is 0 Å². The lowest BCUT2D eigenvalue weighted by Gasteiger charge is -2.05. The Hall–Kier alpha value is -1.75. The molecule has 1 aromatic carbocycles. The van der Waals surface area contributed by atoms with Crippen LogP contribution in [-0.4, -0.2) is 15.9 Å². The molecule has 4 nitrogen and oxygen atoms in total. The average Bonchev–Trinajstić information content (AvgIpc) is 2.36. The minimum absolute atomic E-state index is 0.118. The predicted octanol–water partition coefficient (Wildman–Crippen LogP) is 2.48. The van der Waals surface area contributed by atoms with Gasteiger partial charge in [-0.2, -0.15) is 0 Å². The molecule has 2 rings (SSSR count). The summed E-state index contributed by atoms with van der Waals surface area (Å²) in [5.74, 6) is 0.580. The van der Waals surface area contributed by atoms with Crippen molar-refractivity contribution in [2.75, 3.05) is 0 Å². The summed E-state index contributed by atoms with van der Waals surface area (Å²) in [6.07, 6.45) is 1.68. The van der Waals surface area contributed by atoms with Crippen molar-refractivity contribution in [3.63, 3.8) is 0 Å². The van der Waals surface area contributed by atoms with Crippen molar-refractivity contribution in [3.05, 3.63) is 58.1 Å². The van der Waals surface area contributed by atoms with E-state index in [1.54, 1.807) is 24.4 Å². The third kappa shape index (κ3) is 3.37. The maximum absolute atomic E-state index is 11.9. The van der Waals surface area contributed by atoms with Crippen LogP contribution in [0.4, 0.5) is 0 Å². The molecule has 0 aliphatic rings. The molecule has 0 spiro atoms. The average molecular weight is 306 g/mol. The van der Waals surface area contributed by atoms with Gasteiger partial charge < -0.3 is 5.32 Å². The first-order valence-electron chi connectivity index (χ1n) is 5.47. The van der Waals surface area contributed by atoms with Crippen LogP contribution in [0.15, 0.2) is 41.0 Å². The maximum Gasteiger partial charge on any atom is 0.251 e. The standard InChI is InChI=1S/C13H12BrN3O/c1-9-15-6-5-12(17-9)8-16-13(18)10-3-2-4-11(14)7-10/h2-7H,8H2,1H3,(H,16,18). The number of benzene rings is 1. The molecule has 1 aromatic heterocycles. The third-order valence-corrected chi connectivity index (χ3v) is 2.84. The van der Waals surface area contributed by atoms with E-state index in [2.05, 4.69) is 31.2 Å². The number of carbonyl (C=O) groups is 1. The van der Waals surface area contributed by atoms with Gasteiger partial charge in [-0.25, -0.2) is 9.97 Å². The van der Waals surface area contributed by atoms with Gasteiger partial charge in [0.2, 0.25) is 0 Å². The van der Waals surface area contributed by atoms with Crippen molar-refractivity contribution < 1.29 is 4.79 Å². The van der Waals surface area contributed by atoms with Crippen molar-refractivity contribution in [1.82, 2.24) is 15.3 Å². The number of nitrogens with one attached hydrogen (secondary N) is 1. The maximum atomic E-state index is 11.9. The summed E-state index contributed by atoms with van der Waals surface area (Å²) < 4.78 is 0.882. The molecule has 0 aliphatic carbocycles. The molecule has 0 aliphatic heterocycles. The highest BCUT2D eigenvalue weighted by Gasteiger charge is 2.05. The van der Waals surface area contributed by atoms with E-state index < -0.39 is 0 Å². The van der Waals surface area contributed by atoms with E-state index in [-0.39, 0.29) is 5.91 Å². The van der Waals surface area contributed by atoms with E-state index in [4.69, 9.17) is 0 Å². The normalized spacial score (nSPS) is 10.1. The van der Waals surface area contributed by atoms with Gasteiger partial charge in [-0.15, -0.1) is 0 Å². The second-order valence-electron chi connectivity index (χ2n) is 3.79. The molecule has 1 N–H and O–H groups in total. The lowest BCUT2D eigenvalue weighted by Crippen LogP contribution is -2.23. The van der Waals surface area contributed by atoms with Crippen LogP contribution in [0.5, 0.6) is 0 Å². The quantitative estimate of drug-likeness (QED) is 0.948. The molecule has 2 aromatic rings. The van der Waals surface area contributed by atoms with Gasteiger partial charge in [-0.05, 0) is 31.2 Å². The van der Waals surface area contributed by atoms with Gasteiger partial charge in [0.1, 0.15) is 5.82 Å². The summed E-state index contributed by atoms with van der Waals surface area (Å²) in [6, 6.07) is 9.04. The fraction of sp³-hybridized carbons (Fsp3) is 0.154. The molecular formula is C13H12BrN3O. The lowest BCUT2D eigenvalue weighted by atomic mass is 10.2. The topological polar surface area (TPSA) is 54.9 Å². The van der Waals surface area contributed by atoms with Crippen LogP contribution in [0.3, 0.4) is 0 Å². The number of amides is 1. The third-order valence-electron chi connectivity index (χ3n) is 2.35. The minimum atomic E-state index is -0.118. The minimum Gasteiger partial charge on any atom is -0.346 e. The van der Waals surface area contributed by atoms with Gasteiger partial charge in [0.15, 0.2) is 0 Å². The number of aryl methyl sites for hydroxylation is 1. The summed E-state index contributed by atoms with van der Waals surface area (Å²) in [5.41, 5.74) is 1.42. The fourth-order valence-electron chi connectivity index (χ4n) is 1.51. The highest BCUT2D eigenvalue weighted by Crippen LogP contribution is 2.11. The second kappa shape index (κ2) is 5.73. The van der Waals surface area contributed by atoms with Crippen molar-refractivity contribution in [3.8, 4) is 0 Å².